The summed E-state index contributed by atoms with van der Waals surface area (Å²) in [6, 6.07) is 0. The van der Waals surface area contributed by atoms with Crippen LogP contribution in [0, 0.1) is 0 Å². The molecule has 0 aromatic rings. The summed E-state index contributed by atoms with van der Waals surface area (Å²) in [4.78, 5) is 8.81. The fraction of sp³-hybridized carbons (Fsp3) is 0.909. The van der Waals surface area contributed by atoms with Crippen molar-refractivity contribution in [2.75, 3.05) is 20.2 Å². The first-order valence-electron chi connectivity index (χ1n) is 5.26. The van der Waals surface area contributed by atoms with E-state index in [-0.39, 0.29) is 0 Å². The summed E-state index contributed by atoms with van der Waals surface area (Å²) < 4.78 is 5.22. The standard InChI is InChI=1S/C6H15NO.C3H8.C2H4O/c1-6(2)8-5-4-7-3;1-3-2;1-2-3/h6-7H,4-5H2,1-3H3;3H2,1-2H3;2H,1H3. The van der Waals surface area contributed by atoms with Gasteiger partial charge in [-0.25, -0.2) is 0 Å². The molecule has 14 heavy (non-hydrogen) atoms. The van der Waals surface area contributed by atoms with E-state index in [4.69, 9.17) is 9.53 Å². The predicted octanol–water partition coefficient (Wildman–Crippen LogP) is 2.25. The Balaban J connectivity index is -0.000000168. The lowest BCUT2D eigenvalue weighted by atomic mass is 10.5. The number of aldehydes is 1. The molecule has 1 N–H and O–H groups in total. The summed E-state index contributed by atoms with van der Waals surface area (Å²) in [5, 5.41) is 3.00. The second-order valence-corrected chi connectivity index (χ2v) is 2.97. The fourth-order valence-electron chi connectivity index (χ4n) is 0.397. The molecule has 0 radical (unpaired) electrons. The molecule has 0 saturated heterocycles. The van der Waals surface area contributed by atoms with Crippen molar-refractivity contribution in [3.63, 3.8) is 0 Å². The van der Waals surface area contributed by atoms with Gasteiger partial charge in [-0.1, -0.05) is 20.3 Å². The Kier molecular flexibility index (Phi) is 31.4. The van der Waals surface area contributed by atoms with Crippen molar-refractivity contribution < 1.29 is 9.53 Å². The molecule has 0 spiro atoms. The third kappa shape index (κ3) is 61.7. The number of rotatable bonds is 4. The number of hydrogen-bond acceptors (Lipinski definition) is 3. The van der Waals surface area contributed by atoms with Gasteiger partial charge in [-0.3, -0.25) is 0 Å². The number of carbonyl (C=O) groups excluding carboxylic acids is 1. The van der Waals surface area contributed by atoms with Crippen molar-refractivity contribution in [1.29, 1.82) is 0 Å². The van der Waals surface area contributed by atoms with Crippen molar-refractivity contribution in [2.24, 2.45) is 0 Å². The molecular formula is C11H27NO2. The average molecular weight is 205 g/mol. The molecule has 0 fully saturated rings. The quantitative estimate of drug-likeness (QED) is 0.565. The largest absolute Gasteiger partial charge is 0.377 e. The van der Waals surface area contributed by atoms with Crippen LogP contribution in [-0.2, 0) is 9.53 Å². The molecule has 0 saturated carbocycles. The van der Waals surface area contributed by atoms with E-state index in [0.717, 1.165) is 19.4 Å². The van der Waals surface area contributed by atoms with Crippen LogP contribution in [0.1, 0.15) is 41.0 Å². The Morgan fingerprint density at radius 2 is 1.71 bits per heavy atom. The summed E-state index contributed by atoms with van der Waals surface area (Å²) >= 11 is 0. The van der Waals surface area contributed by atoms with Gasteiger partial charge in [0.15, 0.2) is 0 Å². The third-order valence-corrected chi connectivity index (χ3v) is 0.803. The van der Waals surface area contributed by atoms with Crippen LogP contribution >= 0.6 is 0 Å². The van der Waals surface area contributed by atoms with Gasteiger partial charge in [0.2, 0.25) is 0 Å². The number of nitrogens with one attached hydrogen (secondary N) is 1. The highest BCUT2D eigenvalue weighted by Crippen LogP contribution is 1.83. The molecule has 0 atom stereocenters. The minimum atomic E-state index is 0.364. The van der Waals surface area contributed by atoms with Gasteiger partial charge >= 0.3 is 0 Å². The normalized spacial score (nSPS) is 8.21. The number of hydrogen-bond donors (Lipinski definition) is 1. The molecule has 0 unspecified atom stereocenters. The first kappa shape index (κ1) is 19.2. The smallest absolute Gasteiger partial charge is 0.116 e. The monoisotopic (exact) mass is 205 g/mol. The van der Waals surface area contributed by atoms with Gasteiger partial charge in [0.25, 0.3) is 0 Å². The summed E-state index contributed by atoms with van der Waals surface area (Å²) in [5.41, 5.74) is 0. The lowest BCUT2D eigenvalue weighted by molar-refractivity contribution is -0.106. The van der Waals surface area contributed by atoms with E-state index in [0.29, 0.717) is 6.10 Å². The van der Waals surface area contributed by atoms with Crippen LogP contribution in [0.15, 0.2) is 0 Å². The highest BCUT2D eigenvalue weighted by atomic mass is 16.5. The zero-order valence-corrected chi connectivity index (χ0v) is 10.6. The Bertz CT molecular complexity index is 85.4. The van der Waals surface area contributed by atoms with Gasteiger partial charge in [0.05, 0.1) is 12.7 Å². The highest BCUT2D eigenvalue weighted by molar-refractivity contribution is 5.44. The van der Waals surface area contributed by atoms with Crippen LogP contribution in [0.5, 0.6) is 0 Å². The molecule has 0 aliphatic carbocycles. The van der Waals surface area contributed by atoms with Gasteiger partial charge in [0.1, 0.15) is 6.29 Å². The summed E-state index contributed by atoms with van der Waals surface area (Å²) in [6.07, 6.45) is 2.36. The van der Waals surface area contributed by atoms with Crippen LogP contribution < -0.4 is 5.32 Å². The molecule has 0 aromatic carbocycles. The second kappa shape index (κ2) is 22.9. The maximum absolute atomic E-state index is 8.81. The van der Waals surface area contributed by atoms with Crippen LogP contribution in [-0.4, -0.2) is 32.6 Å². The molecule has 0 aromatic heterocycles. The Morgan fingerprint density at radius 1 is 1.36 bits per heavy atom. The molecule has 0 amide bonds. The molecule has 0 heterocycles. The van der Waals surface area contributed by atoms with E-state index >= 15 is 0 Å². The van der Waals surface area contributed by atoms with Crippen molar-refractivity contribution in [3.8, 4) is 0 Å². The lowest BCUT2D eigenvalue weighted by Crippen LogP contribution is -2.16. The number of carbonyl (C=O) groups is 1. The van der Waals surface area contributed by atoms with Crippen LogP contribution in [0.4, 0.5) is 0 Å². The van der Waals surface area contributed by atoms with Crippen molar-refractivity contribution in [2.45, 2.75) is 47.1 Å². The van der Waals surface area contributed by atoms with Gasteiger partial charge < -0.3 is 14.8 Å². The van der Waals surface area contributed by atoms with Gasteiger partial charge in [-0.2, -0.15) is 0 Å². The summed E-state index contributed by atoms with van der Waals surface area (Å²) in [6.45, 7) is 11.5. The van der Waals surface area contributed by atoms with Crippen LogP contribution in [0.3, 0.4) is 0 Å². The van der Waals surface area contributed by atoms with E-state index < -0.39 is 0 Å². The Labute approximate surface area is 89.2 Å². The summed E-state index contributed by atoms with van der Waals surface area (Å²) in [7, 11) is 1.92. The zero-order chi connectivity index (χ0) is 11.8. The van der Waals surface area contributed by atoms with Gasteiger partial charge in [-0.15, -0.1) is 0 Å². The third-order valence-electron chi connectivity index (χ3n) is 0.803. The van der Waals surface area contributed by atoms with E-state index in [1.165, 1.54) is 13.3 Å². The Morgan fingerprint density at radius 3 is 1.93 bits per heavy atom. The topological polar surface area (TPSA) is 38.3 Å². The van der Waals surface area contributed by atoms with E-state index in [1.807, 2.05) is 20.9 Å². The molecule has 3 heteroatoms. The molecule has 0 aliphatic heterocycles. The molecule has 0 aliphatic rings. The van der Waals surface area contributed by atoms with Crippen molar-refractivity contribution in [3.05, 3.63) is 0 Å². The maximum atomic E-state index is 8.81. The molecule has 0 bridgehead atoms. The number of likely N-dealkylation sites (N-methyl/N-ethyl adjacent to an activating group) is 1. The minimum absolute atomic E-state index is 0.364. The highest BCUT2D eigenvalue weighted by Gasteiger charge is 1.88. The first-order valence-corrected chi connectivity index (χ1v) is 5.26. The van der Waals surface area contributed by atoms with Gasteiger partial charge in [-0.05, 0) is 27.8 Å². The maximum Gasteiger partial charge on any atom is 0.116 e. The SMILES string of the molecule is CC=O.CCC.CNCCOC(C)C. The molecule has 88 valence electrons. The van der Waals surface area contributed by atoms with Crippen molar-refractivity contribution in [1.82, 2.24) is 5.32 Å². The first-order chi connectivity index (χ1) is 6.60. The van der Waals surface area contributed by atoms with Gasteiger partial charge in [0, 0.05) is 6.54 Å². The van der Waals surface area contributed by atoms with E-state index in [2.05, 4.69) is 19.2 Å². The van der Waals surface area contributed by atoms with E-state index in [1.54, 1.807) is 0 Å². The minimum Gasteiger partial charge on any atom is -0.377 e. The second-order valence-electron chi connectivity index (χ2n) is 2.97. The Hall–Kier alpha value is -0.410. The van der Waals surface area contributed by atoms with Crippen LogP contribution in [0.25, 0.3) is 0 Å². The molecule has 3 nitrogen and oxygen atoms in total. The lowest BCUT2D eigenvalue weighted by Gasteiger charge is -2.05. The zero-order valence-electron chi connectivity index (χ0n) is 10.6. The predicted molar refractivity (Wildman–Crippen MR) is 62.7 cm³/mol. The number of ether oxygens (including phenoxy) is 1. The fourth-order valence-corrected chi connectivity index (χ4v) is 0.397. The average Bonchev–Trinajstić information content (AvgIpc) is 2.07. The van der Waals surface area contributed by atoms with Crippen LogP contribution in [0.2, 0.25) is 0 Å². The molecular weight excluding hydrogens is 178 g/mol. The van der Waals surface area contributed by atoms with E-state index in [9.17, 15) is 0 Å². The summed E-state index contributed by atoms with van der Waals surface area (Å²) in [5.74, 6) is 0. The molecule has 0 rings (SSSR count). The van der Waals surface area contributed by atoms with Crippen molar-refractivity contribution >= 4 is 6.29 Å².